The van der Waals surface area contributed by atoms with Gasteiger partial charge in [0.15, 0.2) is 0 Å². The Morgan fingerprint density at radius 3 is 2.57 bits per heavy atom. The quantitative estimate of drug-likeness (QED) is 0.606. The number of rotatable bonds is 5. The largest absolute Gasteiger partial charge is 0.394 e. The number of carbonyl (C=O) groups excluding carboxylic acids is 1. The lowest BCUT2D eigenvalue weighted by Gasteiger charge is -2.36. The molecular weight excluding hydrogens is 270 g/mol. The molecule has 0 radical (unpaired) electrons. The maximum Gasteiger partial charge on any atom is 0.315 e. The summed E-state index contributed by atoms with van der Waals surface area (Å²) in [6.07, 6.45) is 8.07. The Morgan fingerprint density at radius 1 is 1.14 bits per heavy atom. The van der Waals surface area contributed by atoms with Crippen LogP contribution >= 0.6 is 0 Å². The van der Waals surface area contributed by atoms with E-state index in [2.05, 4.69) is 10.6 Å². The summed E-state index contributed by atoms with van der Waals surface area (Å²) >= 11 is 0. The average molecular weight is 299 g/mol. The van der Waals surface area contributed by atoms with Crippen molar-refractivity contribution in [1.82, 2.24) is 10.6 Å². The summed E-state index contributed by atoms with van der Waals surface area (Å²) in [5.74, 6) is 0. The summed E-state index contributed by atoms with van der Waals surface area (Å²) < 4.78 is 5.81. The number of aliphatic hydroxyl groups is 1. The van der Waals surface area contributed by atoms with E-state index in [1.165, 1.54) is 19.3 Å². The maximum atomic E-state index is 12.1. The monoisotopic (exact) mass is 299 g/mol. The van der Waals surface area contributed by atoms with E-state index in [-0.39, 0.29) is 30.9 Å². The van der Waals surface area contributed by atoms with Gasteiger partial charge in [-0.1, -0.05) is 19.3 Å². The molecule has 122 valence electrons. The first-order valence-corrected chi connectivity index (χ1v) is 8.26. The summed E-state index contributed by atoms with van der Waals surface area (Å²) in [6.45, 7) is 0.512. The van der Waals surface area contributed by atoms with Gasteiger partial charge in [0, 0.05) is 6.04 Å². The number of ether oxygens (including phenoxy) is 1. The number of urea groups is 1. The highest BCUT2D eigenvalue weighted by Gasteiger charge is 2.31. The number of carbonyl (C=O) groups is 1. The van der Waals surface area contributed by atoms with Crippen molar-refractivity contribution in [3.8, 4) is 0 Å². The van der Waals surface area contributed by atoms with E-state index in [1.54, 1.807) is 0 Å². The zero-order valence-electron chi connectivity index (χ0n) is 12.7. The number of nitrogens with one attached hydrogen (secondary N) is 2. The Labute approximate surface area is 126 Å². The van der Waals surface area contributed by atoms with Gasteiger partial charge in [0.1, 0.15) is 6.10 Å². The van der Waals surface area contributed by atoms with Gasteiger partial charge < -0.3 is 26.2 Å². The molecule has 1 aliphatic carbocycles. The molecule has 1 saturated carbocycles. The molecule has 1 aliphatic heterocycles. The number of hydrogen-bond donors (Lipinski definition) is 4. The molecule has 3 atom stereocenters. The predicted octanol–water partition coefficient (Wildman–Crippen LogP) is 0.876. The summed E-state index contributed by atoms with van der Waals surface area (Å²) in [5, 5.41) is 15.5. The van der Waals surface area contributed by atoms with Crippen LogP contribution in [-0.2, 0) is 4.74 Å². The molecule has 21 heavy (non-hydrogen) atoms. The van der Waals surface area contributed by atoms with Gasteiger partial charge in [-0.15, -0.1) is 0 Å². The molecule has 2 fully saturated rings. The molecule has 6 heteroatoms. The number of amides is 2. The van der Waals surface area contributed by atoms with Gasteiger partial charge in [0.2, 0.25) is 0 Å². The predicted molar refractivity (Wildman–Crippen MR) is 81.0 cm³/mol. The van der Waals surface area contributed by atoms with Gasteiger partial charge in [-0.2, -0.15) is 0 Å². The fourth-order valence-electron chi connectivity index (χ4n) is 3.34. The Balaban J connectivity index is 1.76. The molecule has 0 aromatic heterocycles. The minimum absolute atomic E-state index is 0.0740. The van der Waals surface area contributed by atoms with E-state index >= 15 is 0 Å². The molecule has 1 saturated heterocycles. The lowest BCUT2D eigenvalue weighted by Crippen LogP contribution is -2.54. The van der Waals surface area contributed by atoms with Crippen molar-refractivity contribution in [1.29, 1.82) is 0 Å². The van der Waals surface area contributed by atoms with Gasteiger partial charge >= 0.3 is 6.03 Å². The molecule has 2 rings (SSSR count). The van der Waals surface area contributed by atoms with Gasteiger partial charge in [-0.05, 0) is 38.6 Å². The zero-order valence-corrected chi connectivity index (χ0v) is 12.7. The molecule has 6 nitrogen and oxygen atoms in total. The third-order valence-corrected chi connectivity index (χ3v) is 4.54. The van der Waals surface area contributed by atoms with Gasteiger partial charge in [0.25, 0.3) is 0 Å². The molecular formula is C15H29N3O3. The Morgan fingerprint density at radius 2 is 1.90 bits per heavy atom. The van der Waals surface area contributed by atoms with Crippen LogP contribution < -0.4 is 16.4 Å². The first kappa shape index (κ1) is 16.5. The van der Waals surface area contributed by atoms with Crippen LogP contribution in [0.5, 0.6) is 0 Å². The standard InChI is InChI=1S/C15H29N3O3/c16-9-8-12-6-7-13(14(10-19)21-12)18-15(20)17-11-4-2-1-3-5-11/h11-14,19H,1-10,16H2,(H2,17,18,20)/t12-,13+,14-/m1/s1. The van der Waals surface area contributed by atoms with Crippen molar-refractivity contribution in [2.24, 2.45) is 5.73 Å². The summed E-state index contributed by atoms with van der Waals surface area (Å²) in [5.41, 5.74) is 5.54. The van der Waals surface area contributed by atoms with Crippen molar-refractivity contribution in [2.45, 2.75) is 75.7 Å². The second-order valence-corrected chi connectivity index (χ2v) is 6.19. The number of nitrogens with two attached hydrogens (primary N) is 1. The second kappa shape index (κ2) is 8.56. The summed E-state index contributed by atoms with van der Waals surface area (Å²) in [6, 6.07) is 0.0414. The Bertz CT molecular complexity index is 321. The molecule has 0 spiro atoms. The van der Waals surface area contributed by atoms with Crippen molar-refractivity contribution < 1.29 is 14.6 Å². The summed E-state index contributed by atoms with van der Waals surface area (Å²) in [4.78, 5) is 12.1. The summed E-state index contributed by atoms with van der Waals surface area (Å²) in [7, 11) is 0. The van der Waals surface area contributed by atoms with Crippen LogP contribution in [0.25, 0.3) is 0 Å². The van der Waals surface area contributed by atoms with Crippen molar-refractivity contribution in [3.05, 3.63) is 0 Å². The molecule has 0 aromatic carbocycles. The second-order valence-electron chi connectivity index (χ2n) is 6.19. The Kier molecular flexibility index (Phi) is 6.73. The normalized spacial score (nSPS) is 30.9. The fraction of sp³-hybridized carbons (Fsp3) is 0.933. The lowest BCUT2D eigenvalue weighted by atomic mass is 9.95. The third kappa shape index (κ3) is 5.13. The number of hydrogen-bond acceptors (Lipinski definition) is 4. The first-order valence-electron chi connectivity index (χ1n) is 8.26. The Hall–Kier alpha value is -0.850. The van der Waals surface area contributed by atoms with Crippen LogP contribution in [0, 0.1) is 0 Å². The lowest BCUT2D eigenvalue weighted by molar-refractivity contribution is -0.0884. The van der Waals surface area contributed by atoms with Crippen molar-refractivity contribution in [3.63, 3.8) is 0 Å². The van der Waals surface area contributed by atoms with E-state index < -0.39 is 0 Å². The third-order valence-electron chi connectivity index (χ3n) is 4.54. The van der Waals surface area contributed by atoms with E-state index in [4.69, 9.17) is 10.5 Å². The van der Waals surface area contributed by atoms with Crippen LogP contribution in [0.1, 0.15) is 51.4 Å². The van der Waals surface area contributed by atoms with Gasteiger partial charge in [-0.25, -0.2) is 4.79 Å². The van der Waals surface area contributed by atoms with Crippen LogP contribution in [-0.4, -0.2) is 48.6 Å². The molecule has 2 amide bonds. The molecule has 2 aliphatic rings. The smallest absolute Gasteiger partial charge is 0.315 e. The minimum Gasteiger partial charge on any atom is -0.394 e. The van der Waals surface area contributed by atoms with E-state index in [1.807, 2.05) is 0 Å². The number of aliphatic hydroxyl groups excluding tert-OH is 1. The maximum absolute atomic E-state index is 12.1. The van der Waals surface area contributed by atoms with Gasteiger partial charge in [-0.3, -0.25) is 0 Å². The van der Waals surface area contributed by atoms with E-state index in [0.29, 0.717) is 12.6 Å². The van der Waals surface area contributed by atoms with Crippen LogP contribution in [0.3, 0.4) is 0 Å². The van der Waals surface area contributed by atoms with E-state index in [9.17, 15) is 9.90 Å². The highest BCUT2D eigenvalue weighted by Crippen LogP contribution is 2.22. The average Bonchev–Trinajstić information content (AvgIpc) is 2.50. The highest BCUT2D eigenvalue weighted by atomic mass is 16.5. The van der Waals surface area contributed by atoms with Crippen LogP contribution in [0.4, 0.5) is 4.79 Å². The molecule has 1 heterocycles. The fourth-order valence-corrected chi connectivity index (χ4v) is 3.34. The molecule has 5 N–H and O–H groups in total. The van der Waals surface area contributed by atoms with Crippen molar-refractivity contribution >= 4 is 6.03 Å². The van der Waals surface area contributed by atoms with Gasteiger partial charge in [0.05, 0.1) is 18.8 Å². The van der Waals surface area contributed by atoms with Crippen LogP contribution in [0.2, 0.25) is 0 Å². The molecule has 0 aromatic rings. The molecule has 0 bridgehead atoms. The zero-order chi connectivity index (χ0) is 15.1. The van der Waals surface area contributed by atoms with Crippen LogP contribution in [0.15, 0.2) is 0 Å². The first-order chi connectivity index (χ1) is 10.2. The highest BCUT2D eigenvalue weighted by molar-refractivity contribution is 5.74. The SMILES string of the molecule is NCC[C@H]1CC[C@H](NC(=O)NC2CCCCC2)[C@@H](CO)O1. The topological polar surface area (TPSA) is 96.6 Å². The van der Waals surface area contributed by atoms with Crippen molar-refractivity contribution in [2.75, 3.05) is 13.2 Å². The van der Waals surface area contributed by atoms with E-state index in [0.717, 1.165) is 32.1 Å². The molecule has 0 unspecified atom stereocenters. The minimum atomic E-state index is -0.326.